The van der Waals surface area contributed by atoms with E-state index in [-0.39, 0.29) is 41.8 Å². The van der Waals surface area contributed by atoms with Gasteiger partial charge < -0.3 is 25.1 Å². The zero-order chi connectivity index (χ0) is 34.1. The van der Waals surface area contributed by atoms with E-state index >= 15 is 0 Å². The highest BCUT2D eigenvalue weighted by Crippen LogP contribution is 2.36. The molecule has 1 aromatic heterocycles. The summed E-state index contributed by atoms with van der Waals surface area (Å²) < 4.78 is 48.6. The molecule has 1 aliphatic carbocycles. The van der Waals surface area contributed by atoms with Gasteiger partial charge in [-0.1, -0.05) is 41.9 Å². The van der Waals surface area contributed by atoms with E-state index in [1.165, 1.54) is 14.2 Å². The van der Waals surface area contributed by atoms with Crippen molar-refractivity contribution in [2.75, 3.05) is 39.7 Å². The van der Waals surface area contributed by atoms with E-state index in [4.69, 9.17) is 9.57 Å². The largest absolute Gasteiger partial charge is 0.495 e. The van der Waals surface area contributed by atoms with Crippen LogP contribution in [-0.2, 0) is 23.9 Å². The summed E-state index contributed by atoms with van der Waals surface area (Å²) in [5.41, 5.74) is 1.94. The van der Waals surface area contributed by atoms with E-state index < -0.39 is 11.7 Å². The molecule has 3 aromatic rings. The molecule has 1 saturated heterocycles. The van der Waals surface area contributed by atoms with Crippen LogP contribution in [0.1, 0.15) is 72.1 Å². The van der Waals surface area contributed by atoms with Gasteiger partial charge in [0.15, 0.2) is 0 Å². The Morgan fingerprint density at radius 2 is 1.90 bits per heavy atom. The van der Waals surface area contributed by atoms with Crippen LogP contribution in [0, 0.1) is 11.8 Å². The minimum absolute atomic E-state index is 0.0107. The second-order valence-electron chi connectivity index (χ2n) is 12.9. The lowest BCUT2D eigenvalue weighted by molar-refractivity contribution is -0.138. The highest BCUT2D eigenvalue weighted by atomic mass is 19.4. The number of likely N-dealkylation sites (tertiary alicyclic amines) is 1. The number of alkyl halides is 3. The number of piperidine rings is 1. The van der Waals surface area contributed by atoms with Gasteiger partial charge >= 0.3 is 6.18 Å². The maximum atomic E-state index is 14.3. The van der Waals surface area contributed by atoms with E-state index in [9.17, 15) is 18.0 Å². The fraction of sp³-hybridized carbons (Fsp3) is 0.500. The molecule has 3 unspecified atom stereocenters. The van der Waals surface area contributed by atoms with Crippen LogP contribution in [0.3, 0.4) is 0 Å². The number of nitrogens with one attached hydrogen (secondary N) is 2. The first kappa shape index (κ1) is 35.1. The normalized spacial score (nSPS) is 20.2. The zero-order valence-electron chi connectivity index (χ0n) is 27.9. The van der Waals surface area contributed by atoms with Gasteiger partial charge in [-0.05, 0) is 94.6 Å². The number of nitrogens with zero attached hydrogens (tertiary/aromatic N) is 4. The molecule has 12 heteroatoms. The molecular formula is C36H45F3N6O3. The molecule has 2 aromatic carbocycles. The Kier molecular flexibility index (Phi) is 11.9. The van der Waals surface area contributed by atoms with Crippen molar-refractivity contribution in [1.82, 2.24) is 20.2 Å². The van der Waals surface area contributed by atoms with E-state index in [2.05, 4.69) is 30.7 Å². The monoisotopic (exact) mass is 666 g/mol. The quantitative estimate of drug-likeness (QED) is 0.200. The minimum Gasteiger partial charge on any atom is -0.495 e. The van der Waals surface area contributed by atoms with Crippen LogP contribution >= 0.6 is 0 Å². The molecule has 1 saturated carbocycles. The average molecular weight is 667 g/mol. The number of oxime groups is 1. The summed E-state index contributed by atoms with van der Waals surface area (Å²) >= 11 is 0. The summed E-state index contributed by atoms with van der Waals surface area (Å²) in [5, 5.41) is 10.4. The predicted octanol–water partition coefficient (Wildman–Crippen LogP) is 7.06. The number of methoxy groups -OCH3 is 1. The van der Waals surface area contributed by atoms with Gasteiger partial charge in [0, 0.05) is 30.3 Å². The van der Waals surface area contributed by atoms with E-state index in [0.29, 0.717) is 29.8 Å². The molecule has 5 rings (SSSR count). The first-order valence-corrected chi connectivity index (χ1v) is 16.6. The van der Waals surface area contributed by atoms with E-state index in [1.807, 2.05) is 37.4 Å². The first-order chi connectivity index (χ1) is 23.1. The highest BCUT2D eigenvalue weighted by molar-refractivity contribution is 5.95. The maximum absolute atomic E-state index is 14.3. The number of ether oxygens (including phenoxy) is 1. The van der Waals surface area contributed by atoms with Gasteiger partial charge in [0.05, 0.1) is 29.8 Å². The number of hydrogen-bond donors (Lipinski definition) is 2. The molecule has 1 aliphatic heterocycles. The summed E-state index contributed by atoms with van der Waals surface area (Å²) in [6.07, 6.45) is 3.31. The molecule has 2 N–H and O–H groups in total. The van der Waals surface area contributed by atoms with Gasteiger partial charge in [-0.3, -0.25) is 4.79 Å². The van der Waals surface area contributed by atoms with Gasteiger partial charge in [0.1, 0.15) is 12.9 Å². The van der Waals surface area contributed by atoms with Crippen molar-refractivity contribution in [3.63, 3.8) is 0 Å². The molecule has 258 valence electrons. The number of amides is 1. The minimum atomic E-state index is -4.63. The number of likely N-dealkylation sites (N-methyl/N-ethyl adjacent to an activating group) is 1. The van der Waals surface area contributed by atoms with Crippen molar-refractivity contribution >= 4 is 23.3 Å². The number of halogens is 3. The Hall–Kier alpha value is -4.19. The molecule has 3 atom stereocenters. The van der Waals surface area contributed by atoms with Crippen LogP contribution < -0.4 is 15.4 Å². The Balaban J connectivity index is 1.39. The third-order valence-corrected chi connectivity index (χ3v) is 9.23. The van der Waals surface area contributed by atoms with Crippen molar-refractivity contribution < 1.29 is 27.5 Å². The Morgan fingerprint density at radius 1 is 1.08 bits per heavy atom. The maximum Gasteiger partial charge on any atom is 0.419 e. The molecule has 0 radical (unpaired) electrons. The standard InChI is InChI=1S/C36H45F3N6O3/c1-45-17-9-13-28(23-45)41-34(46)27-15-16-31(33(21-27)47-2)42-35-40-22-29(36(37,38)39)32(43-35)20-25(18-24-10-5-4-6-11-24)19-26-12-7-8-14-30(26)44-48-3/h4-6,10-11,15-16,21-22,25-26,28H,7-9,12-14,17-20,23H2,1-3H3,(H,41,46)(H,40,42,43)/b44-30+. The summed E-state index contributed by atoms with van der Waals surface area (Å²) in [5.74, 6) is 0.126. The summed E-state index contributed by atoms with van der Waals surface area (Å²) in [7, 11) is 5.03. The predicted molar refractivity (Wildman–Crippen MR) is 180 cm³/mol. The van der Waals surface area contributed by atoms with Crippen molar-refractivity contribution in [2.45, 2.75) is 70.0 Å². The molecule has 9 nitrogen and oxygen atoms in total. The lowest BCUT2D eigenvalue weighted by atomic mass is 9.78. The number of benzene rings is 2. The molecule has 0 spiro atoms. The molecule has 0 bridgehead atoms. The molecule has 1 amide bonds. The van der Waals surface area contributed by atoms with Gasteiger partial charge in [-0.2, -0.15) is 13.2 Å². The summed E-state index contributed by atoms with van der Waals surface area (Å²) in [6, 6.07) is 14.8. The smallest absolute Gasteiger partial charge is 0.419 e. The molecule has 2 heterocycles. The van der Waals surface area contributed by atoms with Crippen LogP contribution in [-0.4, -0.2) is 66.9 Å². The number of carbonyl (C=O) groups is 1. The molecule has 48 heavy (non-hydrogen) atoms. The van der Waals surface area contributed by atoms with Crippen molar-refractivity contribution in [1.29, 1.82) is 0 Å². The average Bonchev–Trinajstić information content (AvgIpc) is 3.06. The molecule has 2 fully saturated rings. The molecular weight excluding hydrogens is 621 g/mol. The summed E-state index contributed by atoms with van der Waals surface area (Å²) in [6.45, 7) is 1.79. The number of rotatable bonds is 12. The molecule has 2 aliphatic rings. The Morgan fingerprint density at radius 3 is 2.62 bits per heavy atom. The van der Waals surface area contributed by atoms with Crippen molar-refractivity contribution in [3.8, 4) is 5.75 Å². The third kappa shape index (κ3) is 9.46. The second kappa shape index (κ2) is 16.3. The van der Waals surface area contributed by atoms with Crippen LogP contribution in [0.5, 0.6) is 5.75 Å². The lowest BCUT2D eigenvalue weighted by Gasteiger charge is -2.30. The van der Waals surface area contributed by atoms with Crippen LogP contribution in [0.15, 0.2) is 59.9 Å². The van der Waals surface area contributed by atoms with E-state index in [0.717, 1.165) is 69.1 Å². The highest BCUT2D eigenvalue weighted by Gasteiger charge is 2.36. The number of aromatic nitrogens is 2. The zero-order valence-corrected chi connectivity index (χ0v) is 27.9. The van der Waals surface area contributed by atoms with Crippen molar-refractivity contribution in [3.05, 3.63) is 77.1 Å². The topological polar surface area (TPSA) is 101 Å². The van der Waals surface area contributed by atoms with Crippen molar-refractivity contribution in [2.24, 2.45) is 17.0 Å². The first-order valence-electron chi connectivity index (χ1n) is 16.6. The lowest BCUT2D eigenvalue weighted by Crippen LogP contribution is -2.46. The number of hydrogen-bond acceptors (Lipinski definition) is 8. The Labute approximate surface area is 280 Å². The van der Waals surface area contributed by atoms with E-state index in [1.54, 1.807) is 18.2 Å². The fourth-order valence-corrected chi connectivity index (χ4v) is 6.90. The summed E-state index contributed by atoms with van der Waals surface area (Å²) in [4.78, 5) is 28.8. The van der Waals surface area contributed by atoms with Gasteiger partial charge in [-0.15, -0.1) is 0 Å². The number of anilines is 2. The third-order valence-electron chi connectivity index (χ3n) is 9.23. The SMILES string of the molecule is CO/N=C1\CCCCC1CC(Cc1ccccc1)Cc1nc(Nc2ccc(C(=O)NC3CCCN(C)C3)cc2OC)ncc1C(F)(F)F. The second-order valence-corrected chi connectivity index (χ2v) is 12.9. The fourth-order valence-electron chi connectivity index (χ4n) is 6.90. The van der Waals surface area contributed by atoms with Crippen LogP contribution in [0.4, 0.5) is 24.8 Å². The number of carbonyl (C=O) groups excluding carboxylic acids is 1. The van der Waals surface area contributed by atoms with Crippen LogP contribution in [0.25, 0.3) is 0 Å². The van der Waals surface area contributed by atoms with Gasteiger partial charge in [0.25, 0.3) is 5.91 Å². The van der Waals surface area contributed by atoms with Crippen LogP contribution in [0.2, 0.25) is 0 Å². The van der Waals surface area contributed by atoms with Gasteiger partial charge in [-0.25, -0.2) is 9.97 Å². The van der Waals surface area contributed by atoms with Gasteiger partial charge in [0.2, 0.25) is 5.95 Å². The Bertz CT molecular complexity index is 1550.